The zero-order valence-electron chi connectivity index (χ0n) is 18.8. The lowest BCUT2D eigenvalue weighted by Crippen LogP contribution is -2.15. The lowest BCUT2D eigenvalue weighted by Gasteiger charge is -2.16. The van der Waals surface area contributed by atoms with Crippen LogP contribution < -0.4 is 14.2 Å². The maximum atomic E-state index is 10.7. The first kappa shape index (κ1) is 23.2. The van der Waals surface area contributed by atoms with Crippen LogP contribution in [0.4, 0.5) is 0 Å². The van der Waals surface area contributed by atoms with E-state index in [9.17, 15) is 4.79 Å². The lowest BCUT2D eigenvalue weighted by atomic mass is 10.0. The predicted molar refractivity (Wildman–Crippen MR) is 126 cm³/mol. The normalized spacial score (nSPS) is 11.6. The molecule has 32 heavy (non-hydrogen) atoms. The van der Waals surface area contributed by atoms with Crippen molar-refractivity contribution in [1.29, 1.82) is 0 Å². The fourth-order valence-corrected chi connectivity index (χ4v) is 3.42. The quantitative estimate of drug-likeness (QED) is 0.406. The van der Waals surface area contributed by atoms with Crippen LogP contribution in [0.5, 0.6) is 17.2 Å². The van der Waals surface area contributed by atoms with Gasteiger partial charge < -0.3 is 19.3 Å². The average molecular weight is 435 g/mol. The summed E-state index contributed by atoms with van der Waals surface area (Å²) in [5.41, 5.74) is 4.33. The number of methoxy groups -OCH3 is 1. The summed E-state index contributed by atoms with van der Waals surface area (Å²) >= 11 is 0. The zero-order chi connectivity index (χ0) is 22.9. The van der Waals surface area contributed by atoms with Crippen molar-refractivity contribution in [2.45, 2.75) is 39.2 Å². The first-order valence-electron chi connectivity index (χ1n) is 10.8. The van der Waals surface area contributed by atoms with Crippen LogP contribution in [0.1, 0.15) is 30.9 Å². The highest BCUT2D eigenvalue weighted by atomic mass is 16.5. The molecule has 0 fully saturated rings. The van der Waals surface area contributed by atoms with Gasteiger partial charge in [0.2, 0.25) is 0 Å². The smallest absolute Gasteiger partial charge is 0.303 e. The largest absolute Gasteiger partial charge is 0.497 e. The first-order valence-corrected chi connectivity index (χ1v) is 10.8. The second kappa shape index (κ2) is 11.2. The second-order valence-electron chi connectivity index (χ2n) is 7.80. The molecule has 3 aromatic carbocycles. The number of hydrogen-bond acceptors (Lipinski definition) is 4. The van der Waals surface area contributed by atoms with E-state index in [1.807, 2.05) is 68.4 Å². The molecule has 0 spiro atoms. The van der Waals surface area contributed by atoms with Gasteiger partial charge in [0.05, 0.1) is 19.8 Å². The zero-order valence-corrected chi connectivity index (χ0v) is 18.8. The van der Waals surface area contributed by atoms with E-state index in [1.165, 1.54) is 0 Å². The number of carboxylic acids is 1. The van der Waals surface area contributed by atoms with Crippen molar-refractivity contribution in [3.8, 4) is 28.4 Å². The van der Waals surface area contributed by atoms with Crippen LogP contribution in [0.2, 0.25) is 0 Å². The number of benzene rings is 3. The predicted octanol–water partition coefficient (Wildman–Crippen LogP) is 5.92. The van der Waals surface area contributed by atoms with Gasteiger partial charge in [-0.25, -0.2) is 0 Å². The van der Waals surface area contributed by atoms with Crippen molar-refractivity contribution >= 4 is 5.97 Å². The summed E-state index contributed by atoms with van der Waals surface area (Å²) in [6.45, 7) is 4.55. The fourth-order valence-electron chi connectivity index (χ4n) is 3.42. The monoisotopic (exact) mass is 434 g/mol. The highest BCUT2D eigenvalue weighted by Gasteiger charge is 2.08. The number of aryl methyl sites for hydroxylation is 2. The van der Waals surface area contributed by atoms with Gasteiger partial charge in [-0.2, -0.15) is 0 Å². The van der Waals surface area contributed by atoms with Crippen molar-refractivity contribution in [2.75, 3.05) is 13.7 Å². The number of carboxylic acid groups (broad SMARTS) is 1. The Balaban J connectivity index is 1.46. The maximum absolute atomic E-state index is 10.7. The third-order valence-electron chi connectivity index (χ3n) is 5.33. The third kappa shape index (κ3) is 6.77. The van der Waals surface area contributed by atoms with Gasteiger partial charge in [0.1, 0.15) is 17.2 Å². The molecule has 0 aromatic heterocycles. The average Bonchev–Trinajstić information content (AvgIpc) is 2.79. The van der Waals surface area contributed by atoms with E-state index in [1.54, 1.807) is 7.11 Å². The number of ether oxygens (including phenoxy) is 3. The summed E-state index contributed by atoms with van der Waals surface area (Å²) in [5.74, 6) is 1.68. The van der Waals surface area contributed by atoms with Crippen molar-refractivity contribution in [3.05, 3.63) is 77.9 Å². The fraction of sp³-hybridized carbons (Fsp3) is 0.296. The molecule has 0 amide bonds. The Morgan fingerprint density at radius 2 is 1.50 bits per heavy atom. The SMILES string of the molecule is COc1ccc(-c2ccc(OC(C)CCOc3ccc(CCC(=O)O)c(C)c3)cc2)cc1. The molecule has 0 aliphatic rings. The number of rotatable bonds is 11. The highest BCUT2D eigenvalue weighted by Crippen LogP contribution is 2.25. The van der Waals surface area contributed by atoms with E-state index in [4.69, 9.17) is 19.3 Å². The van der Waals surface area contributed by atoms with E-state index in [2.05, 4.69) is 12.1 Å². The van der Waals surface area contributed by atoms with Crippen LogP contribution in [-0.4, -0.2) is 30.9 Å². The molecule has 0 heterocycles. The molecule has 3 aromatic rings. The van der Waals surface area contributed by atoms with Gasteiger partial charge in [0.25, 0.3) is 0 Å². The maximum Gasteiger partial charge on any atom is 0.303 e. The molecule has 1 atom stereocenters. The lowest BCUT2D eigenvalue weighted by molar-refractivity contribution is -0.136. The number of hydrogen-bond donors (Lipinski definition) is 1. The van der Waals surface area contributed by atoms with E-state index < -0.39 is 5.97 Å². The summed E-state index contributed by atoms with van der Waals surface area (Å²) in [4.78, 5) is 10.7. The third-order valence-corrected chi connectivity index (χ3v) is 5.33. The Labute approximate surface area is 189 Å². The first-order chi connectivity index (χ1) is 15.4. The van der Waals surface area contributed by atoms with Gasteiger partial charge >= 0.3 is 5.97 Å². The van der Waals surface area contributed by atoms with Gasteiger partial charge in [0, 0.05) is 12.8 Å². The topological polar surface area (TPSA) is 65.0 Å². The molecule has 3 rings (SSSR count). The van der Waals surface area contributed by atoms with E-state index in [0.717, 1.165) is 45.9 Å². The molecule has 5 nitrogen and oxygen atoms in total. The molecule has 0 bridgehead atoms. The summed E-state index contributed by atoms with van der Waals surface area (Å²) in [5, 5.41) is 8.84. The van der Waals surface area contributed by atoms with Crippen molar-refractivity contribution < 1.29 is 24.1 Å². The van der Waals surface area contributed by atoms with Crippen molar-refractivity contribution in [2.24, 2.45) is 0 Å². The molecule has 168 valence electrons. The van der Waals surface area contributed by atoms with Crippen LogP contribution in [0, 0.1) is 6.92 Å². The van der Waals surface area contributed by atoms with Gasteiger partial charge in [-0.05, 0) is 78.9 Å². The van der Waals surface area contributed by atoms with E-state index >= 15 is 0 Å². The summed E-state index contributed by atoms with van der Waals surface area (Å²) in [6, 6.07) is 21.8. The molecule has 5 heteroatoms. The van der Waals surface area contributed by atoms with Crippen LogP contribution in [0.15, 0.2) is 66.7 Å². The van der Waals surface area contributed by atoms with Gasteiger partial charge in [-0.3, -0.25) is 4.79 Å². The summed E-state index contributed by atoms with van der Waals surface area (Å²) in [7, 11) is 1.66. The van der Waals surface area contributed by atoms with Crippen LogP contribution in [0.3, 0.4) is 0 Å². The van der Waals surface area contributed by atoms with Crippen LogP contribution in [-0.2, 0) is 11.2 Å². The molecule has 0 saturated carbocycles. The van der Waals surface area contributed by atoms with E-state index in [-0.39, 0.29) is 12.5 Å². The van der Waals surface area contributed by atoms with Crippen molar-refractivity contribution in [3.63, 3.8) is 0 Å². The molecule has 0 aliphatic heterocycles. The Morgan fingerprint density at radius 1 is 0.906 bits per heavy atom. The molecular weight excluding hydrogens is 404 g/mol. The Hall–Kier alpha value is -3.47. The molecule has 0 aliphatic carbocycles. The number of carbonyl (C=O) groups is 1. The second-order valence-corrected chi connectivity index (χ2v) is 7.80. The Morgan fingerprint density at radius 3 is 2.06 bits per heavy atom. The van der Waals surface area contributed by atoms with Crippen LogP contribution >= 0.6 is 0 Å². The summed E-state index contributed by atoms with van der Waals surface area (Å²) < 4.78 is 17.1. The molecule has 1 N–H and O–H groups in total. The molecule has 0 radical (unpaired) electrons. The molecular formula is C27H30O5. The number of aliphatic carboxylic acids is 1. The van der Waals surface area contributed by atoms with Gasteiger partial charge in [0.15, 0.2) is 0 Å². The van der Waals surface area contributed by atoms with Gasteiger partial charge in [-0.1, -0.05) is 30.3 Å². The van der Waals surface area contributed by atoms with Crippen LogP contribution in [0.25, 0.3) is 11.1 Å². The standard InChI is InChI=1S/C27H30O5/c1-19-18-26(14-4-21(19)9-15-27(28)29)31-17-16-20(2)32-25-12-7-23(8-13-25)22-5-10-24(30-3)11-6-22/h4-8,10-14,18,20H,9,15-17H2,1-3H3,(H,28,29). The van der Waals surface area contributed by atoms with Crippen molar-refractivity contribution in [1.82, 2.24) is 0 Å². The molecule has 1 unspecified atom stereocenters. The highest BCUT2D eigenvalue weighted by molar-refractivity contribution is 5.67. The minimum atomic E-state index is -0.783. The van der Waals surface area contributed by atoms with E-state index in [0.29, 0.717) is 13.0 Å². The molecule has 0 saturated heterocycles. The van der Waals surface area contributed by atoms with Gasteiger partial charge in [-0.15, -0.1) is 0 Å². The minimum absolute atomic E-state index is 0.0118. The Kier molecular flexibility index (Phi) is 8.14. The minimum Gasteiger partial charge on any atom is -0.497 e. The Bertz CT molecular complexity index is 1010. The summed E-state index contributed by atoms with van der Waals surface area (Å²) in [6.07, 6.45) is 1.43.